The van der Waals surface area contributed by atoms with Crippen LogP contribution in [0.4, 0.5) is 24.5 Å². The molecule has 0 saturated heterocycles. The smallest absolute Gasteiger partial charge is 0.416 e. The van der Waals surface area contributed by atoms with Gasteiger partial charge in [0.15, 0.2) is 0 Å². The van der Waals surface area contributed by atoms with Crippen LogP contribution in [0.5, 0.6) is 0 Å². The van der Waals surface area contributed by atoms with Crippen LogP contribution in [0.25, 0.3) is 11.6 Å². The van der Waals surface area contributed by atoms with Crippen LogP contribution in [-0.2, 0) is 27.4 Å². The van der Waals surface area contributed by atoms with Crippen molar-refractivity contribution in [2.24, 2.45) is 0 Å². The zero-order chi connectivity index (χ0) is 23.1. The van der Waals surface area contributed by atoms with E-state index in [1.807, 2.05) is 6.92 Å². The van der Waals surface area contributed by atoms with E-state index < -0.39 is 27.7 Å². The van der Waals surface area contributed by atoms with E-state index in [9.17, 15) is 26.4 Å². The van der Waals surface area contributed by atoms with E-state index in [1.165, 1.54) is 24.3 Å². The third-order valence-electron chi connectivity index (χ3n) is 4.87. The van der Waals surface area contributed by atoms with Crippen LogP contribution in [-0.4, -0.2) is 14.3 Å². The largest absolute Gasteiger partial charge is 0.462 e. The van der Waals surface area contributed by atoms with Crippen molar-refractivity contribution in [3.8, 4) is 0 Å². The lowest BCUT2D eigenvalue weighted by Crippen LogP contribution is -2.13. The number of amides is 1. The minimum absolute atomic E-state index is 0.0221. The Balaban J connectivity index is 1.64. The number of furan rings is 1. The van der Waals surface area contributed by atoms with Gasteiger partial charge in [0.1, 0.15) is 11.5 Å². The first-order valence-corrected chi connectivity index (χ1v) is 11.0. The number of halogens is 3. The fraction of sp³-hybridized carbons (Fsp3) is 0.136. The standard InChI is InChI=1S/C22H17F3N2O4S/c1-2-15-7-8-16(31-15)11-19-18-12-17(9-10-20(18)26-21(19)28)32(29,30)27-14-5-3-13(4-6-14)22(23,24)25/h3-12,27H,2H2,1H3,(H,26,28). The highest BCUT2D eigenvalue weighted by Crippen LogP contribution is 2.36. The molecule has 6 nitrogen and oxygen atoms in total. The average Bonchev–Trinajstić information content (AvgIpc) is 3.31. The normalized spacial score (nSPS) is 15.0. The molecule has 1 aliphatic heterocycles. The summed E-state index contributed by atoms with van der Waals surface area (Å²) in [5.41, 5.74) is 0.146. The van der Waals surface area contributed by atoms with Gasteiger partial charge in [-0.05, 0) is 60.7 Å². The van der Waals surface area contributed by atoms with E-state index in [4.69, 9.17) is 4.42 Å². The summed E-state index contributed by atoms with van der Waals surface area (Å²) in [4.78, 5) is 12.3. The van der Waals surface area contributed by atoms with Crippen LogP contribution in [0.1, 0.15) is 29.6 Å². The third kappa shape index (κ3) is 4.26. The first kappa shape index (κ1) is 21.7. The molecule has 4 rings (SSSR count). The Morgan fingerprint density at radius 1 is 1.06 bits per heavy atom. The van der Waals surface area contributed by atoms with Gasteiger partial charge in [-0.25, -0.2) is 8.42 Å². The molecule has 0 spiro atoms. The van der Waals surface area contributed by atoms with Gasteiger partial charge in [-0.1, -0.05) is 6.92 Å². The van der Waals surface area contributed by atoms with Gasteiger partial charge in [0.25, 0.3) is 15.9 Å². The number of rotatable bonds is 5. The molecule has 0 fully saturated rings. The summed E-state index contributed by atoms with van der Waals surface area (Å²) in [6.07, 6.45) is -2.31. The monoisotopic (exact) mass is 462 g/mol. The highest BCUT2D eigenvalue weighted by Gasteiger charge is 2.30. The van der Waals surface area contributed by atoms with Crippen molar-refractivity contribution in [2.75, 3.05) is 10.0 Å². The lowest BCUT2D eigenvalue weighted by molar-refractivity contribution is -0.137. The summed E-state index contributed by atoms with van der Waals surface area (Å²) in [6, 6.07) is 11.2. The molecule has 0 aliphatic carbocycles. The number of aryl methyl sites for hydroxylation is 1. The van der Waals surface area contributed by atoms with Crippen LogP contribution in [0, 0.1) is 0 Å². The lowest BCUT2D eigenvalue weighted by Gasteiger charge is -2.11. The number of benzene rings is 2. The van der Waals surface area contributed by atoms with Gasteiger partial charge >= 0.3 is 6.18 Å². The zero-order valence-corrected chi connectivity index (χ0v) is 17.5. The molecule has 0 unspecified atom stereocenters. The maximum atomic E-state index is 12.8. The van der Waals surface area contributed by atoms with Crippen LogP contribution in [0.2, 0.25) is 0 Å². The Hall–Kier alpha value is -3.53. The lowest BCUT2D eigenvalue weighted by atomic mass is 10.1. The number of carbonyl (C=O) groups is 1. The van der Waals surface area contributed by atoms with E-state index in [1.54, 1.807) is 12.1 Å². The summed E-state index contributed by atoms with van der Waals surface area (Å²) in [5.74, 6) is 0.795. The van der Waals surface area contributed by atoms with Crippen molar-refractivity contribution in [1.29, 1.82) is 0 Å². The van der Waals surface area contributed by atoms with Gasteiger partial charge in [-0.3, -0.25) is 9.52 Å². The topological polar surface area (TPSA) is 88.4 Å². The molecule has 32 heavy (non-hydrogen) atoms. The predicted octanol–water partition coefficient (Wildman–Crippen LogP) is 5.15. The van der Waals surface area contributed by atoms with Gasteiger partial charge < -0.3 is 9.73 Å². The van der Waals surface area contributed by atoms with Crippen LogP contribution in [0.15, 0.2) is 63.9 Å². The van der Waals surface area contributed by atoms with Crippen molar-refractivity contribution in [3.05, 3.63) is 77.2 Å². The highest BCUT2D eigenvalue weighted by molar-refractivity contribution is 7.92. The van der Waals surface area contributed by atoms with Crippen LogP contribution in [0.3, 0.4) is 0 Å². The quantitative estimate of drug-likeness (QED) is 0.513. The summed E-state index contributed by atoms with van der Waals surface area (Å²) in [6.45, 7) is 1.92. The summed E-state index contributed by atoms with van der Waals surface area (Å²) in [5, 5.41) is 2.67. The molecule has 2 N–H and O–H groups in total. The van der Waals surface area contributed by atoms with Crippen molar-refractivity contribution in [3.63, 3.8) is 0 Å². The molecule has 2 heterocycles. The van der Waals surface area contributed by atoms with Crippen LogP contribution >= 0.6 is 0 Å². The SMILES string of the molecule is CCc1ccc(C=C2C(=O)Nc3ccc(S(=O)(=O)Nc4ccc(C(F)(F)F)cc4)cc32)o1. The number of anilines is 2. The average molecular weight is 462 g/mol. The summed E-state index contributed by atoms with van der Waals surface area (Å²) >= 11 is 0. The number of nitrogens with one attached hydrogen (secondary N) is 2. The first-order chi connectivity index (χ1) is 15.1. The molecule has 0 saturated carbocycles. The molecule has 3 aromatic rings. The molecule has 1 aromatic heterocycles. The van der Waals surface area contributed by atoms with Crippen LogP contribution < -0.4 is 10.0 Å². The number of fused-ring (bicyclic) bond motifs is 1. The third-order valence-corrected chi connectivity index (χ3v) is 6.25. The van der Waals surface area contributed by atoms with Crippen molar-refractivity contribution >= 4 is 39.0 Å². The second-order valence-electron chi connectivity index (χ2n) is 7.06. The highest BCUT2D eigenvalue weighted by atomic mass is 32.2. The van der Waals surface area contributed by atoms with E-state index in [0.717, 1.165) is 30.0 Å². The minimum atomic E-state index is -4.52. The molecular weight excluding hydrogens is 445 g/mol. The van der Waals surface area contributed by atoms with Gasteiger partial charge in [0.05, 0.1) is 16.0 Å². The van der Waals surface area contributed by atoms with Gasteiger partial charge in [-0.2, -0.15) is 13.2 Å². The second-order valence-corrected chi connectivity index (χ2v) is 8.74. The Kier molecular flexibility index (Phi) is 5.33. The summed E-state index contributed by atoms with van der Waals surface area (Å²) in [7, 11) is -4.12. The molecule has 2 aromatic carbocycles. The van der Waals surface area contributed by atoms with Gasteiger partial charge in [-0.15, -0.1) is 0 Å². The molecule has 166 valence electrons. The summed E-state index contributed by atoms with van der Waals surface area (Å²) < 4.78 is 71.6. The number of alkyl halides is 3. The van der Waals surface area contributed by atoms with Gasteiger partial charge in [0, 0.05) is 23.4 Å². The van der Waals surface area contributed by atoms with E-state index >= 15 is 0 Å². The molecule has 10 heteroatoms. The van der Waals surface area contributed by atoms with Crippen molar-refractivity contribution in [2.45, 2.75) is 24.4 Å². The zero-order valence-electron chi connectivity index (χ0n) is 16.7. The molecule has 0 atom stereocenters. The fourth-order valence-electron chi connectivity index (χ4n) is 3.22. The predicted molar refractivity (Wildman–Crippen MR) is 113 cm³/mol. The minimum Gasteiger partial charge on any atom is -0.462 e. The van der Waals surface area contributed by atoms with Crippen molar-refractivity contribution in [1.82, 2.24) is 0 Å². The molecule has 1 aliphatic rings. The second kappa shape index (κ2) is 7.86. The molecule has 0 radical (unpaired) electrons. The number of sulfonamides is 1. The molecular formula is C22H17F3N2O4S. The maximum Gasteiger partial charge on any atom is 0.416 e. The Labute approximate surface area is 181 Å². The number of hydrogen-bond acceptors (Lipinski definition) is 4. The Morgan fingerprint density at radius 2 is 1.78 bits per heavy atom. The maximum absolute atomic E-state index is 12.8. The van der Waals surface area contributed by atoms with Gasteiger partial charge in [0.2, 0.25) is 0 Å². The Morgan fingerprint density at radius 3 is 2.41 bits per heavy atom. The molecule has 0 bridgehead atoms. The molecule has 1 amide bonds. The number of carbonyl (C=O) groups excluding carboxylic acids is 1. The Bertz CT molecular complexity index is 1320. The first-order valence-electron chi connectivity index (χ1n) is 9.53. The van der Waals surface area contributed by atoms with Crippen molar-refractivity contribution < 1.29 is 30.8 Å². The van der Waals surface area contributed by atoms with E-state index in [2.05, 4.69) is 10.0 Å². The van der Waals surface area contributed by atoms with E-state index in [0.29, 0.717) is 23.4 Å². The number of hydrogen-bond donors (Lipinski definition) is 2. The van der Waals surface area contributed by atoms with E-state index in [-0.39, 0.29) is 16.2 Å². The fourth-order valence-corrected chi connectivity index (χ4v) is 4.31.